The summed E-state index contributed by atoms with van der Waals surface area (Å²) in [6.45, 7) is 1.85. The maximum atomic E-state index is 12.3. The number of hydrogen-bond acceptors (Lipinski definition) is 5. The van der Waals surface area contributed by atoms with Crippen molar-refractivity contribution in [3.8, 4) is 5.75 Å². The number of pyridine rings is 2. The number of rotatable bonds is 3. The number of aryl methyl sites for hydroxylation is 1. The van der Waals surface area contributed by atoms with Crippen molar-refractivity contribution < 1.29 is 14.3 Å². The topological polar surface area (TPSA) is 70.4 Å². The van der Waals surface area contributed by atoms with E-state index in [1.54, 1.807) is 26.2 Å². The predicted octanol–water partition coefficient (Wildman–Crippen LogP) is 1.88. The number of nitrogens with zero attached hydrogens (tertiary/aromatic N) is 2. The van der Waals surface area contributed by atoms with E-state index in [0.717, 1.165) is 4.47 Å². The van der Waals surface area contributed by atoms with Gasteiger partial charge in [0.1, 0.15) is 5.52 Å². The van der Waals surface area contributed by atoms with Gasteiger partial charge in [0.25, 0.3) is 5.56 Å². The van der Waals surface area contributed by atoms with Crippen LogP contribution in [0.3, 0.4) is 0 Å². The second-order valence-electron chi connectivity index (χ2n) is 4.01. The first-order valence-electron chi connectivity index (χ1n) is 5.90. The molecule has 2 aromatic heterocycles. The molecule has 20 heavy (non-hydrogen) atoms. The highest BCUT2D eigenvalue weighted by Crippen LogP contribution is 2.27. The van der Waals surface area contributed by atoms with E-state index in [2.05, 4.69) is 20.9 Å². The van der Waals surface area contributed by atoms with Gasteiger partial charge in [-0.2, -0.15) is 0 Å². The average molecular weight is 341 g/mol. The summed E-state index contributed by atoms with van der Waals surface area (Å²) >= 11 is 3.30. The molecule has 0 saturated carbocycles. The largest absolute Gasteiger partial charge is 0.493 e. The molecule has 0 aliphatic heterocycles. The van der Waals surface area contributed by atoms with Gasteiger partial charge in [0.15, 0.2) is 11.3 Å². The van der Waals surface area contributed by atoms with Crippen LogP contribution >= 0.6 is 15.9 Å². The Bertz CT molecular complexity index is 739. The van der Waals surface area contributed by atoms with Crippen LogP contribution in [0.5, 0.6) is 5.75 Å². The Hall–Kier alpha value is -1.89. The summed E-state index contributed by atoms with van der Waals surface area (Å²) in [5.74, 6) is -0.578. The third-order valence-corrected chi connectivity index (χ3v) is 3.27. The highest BCUT2D eigenvalue weighted by Gasteiger charge is 2.24. The van der Waals surface area contributed by atoms with Crippen LogP contribution in [0.25, 0.3) is 11.0 Å². The van der Waals surface area contributed by atoms with E-state index in [1.807, 2.05) is 0 Å². The summed E-state index contributed by atoms with van der Waals surface area (Å²) < 4.78 is 12.2. The van der Waals surface area contributed by atoms with Gasteiger partial charge < -0.3 is 14.0 Å². The Labute approximate surface area is 123 Å². The van der Waals surface area contributed by atoms with Crippen LogP contribution in [0.1, 0.15) is 17.3 Å². The number of esters is 1. The van der Waals surface area contributed by atoms with E-state index in [1.165, 1.54) is 11.7 Å². The van der Waals surface area contributed by atoms with Crippen LogP contribution in [0.4, 0.5) is 0 Å². The fourth-order valence-corrected chi connectivity index (χ4v) is 2.25. The monoisotopic (exact) mass is 340 g/mol. The average Bonchev–Trinajstić information content (AvgIpc) is 2.42. The molecule has 0 bridgehead atoms. The van der Waals surface area contributed by atoms with Gasteiger partial charge in [-0.3, -0.25) is 4.79 Å². The predicted molar refractivity (Wildman–Crippen MR) is 77.2 cm³/mol. The third kappa shape index (κ3) is 2.29. The van der Waals surface area contributed by atoms with Crippen molar-refractivity contribution in [1.29, 1.82) is 0 Å². The Morgan fingerprint density at radius 3 is 2.80 bits per heavy atom. The minimum Gasteiger partial charge on any atom is -0.493 e. The maximum Gasteiger partial charge on any atom is 0.347 e. The Morgan fingerprint density at radius 1 is 1.50 bits per heavy atom. The molecule has 0 aromatic carbocycles. The van der Waals surface area contributed by atoms with Gasteiger partial charge in [-0.25, -0.2) is 9.78 Å². The number of carbonyl (C=O) groups is 1. The summed E-state index contributed by atoms with van der Waals surface area (Å²) in [6.07, 6.45) is 1.57. The van der Waals surface area contributed by atoms with E-state index in [4.69, 9.17) is 9.47 Å². The molecule has 0 N–H and O–H groups in total. The van der Waals surface area contributed by atoms with Crippen molar-refractivity contribution >= 4 is 32.9 Å². The van der Waals surface area contributed by atoms with Crippen molar-refractivity contribution in [3.63, 3.8) is 0 Å². The van der Waals surface area contributed by atoms with E-state index in [9.17, 15) is 9.59 Å². The molecular weight excluding hydrogens is 328 g/mol. The summed E-state index contributed by atoms with van der Waals surface area (Å²) in [5, 5.41) is 0. The summed E-state index contributed by atoms with van der Waals surface area (Å²) in [5.41, 5.74) is 0.377. The molecule has 7 heteroatoms. The summed E-state index contributed by atoms with van der Waals surface area (Å²) in [7, 11) is 2.96. The normalized spacial score (nSPS) is 10.6. The second kappa shape index (κ2) is 5.62. The number of ether oxygens (including phenoxy) is 2. The van der Waals surface area contributed by atoms with Crippen LogP contribution in [0.2, 0.25) is 0 Å². The van der Waals surface area contributed by atoms with Crippen LogP contribution in [-0.4, -0.2) is 29.2 Å². The summed E-state index contributed by atoms with van der Waals surface area (Å²) in [4.78, 5) is 28.5. The Morgan fingerprint density at radius 2 is 2.20 bits per heavy atom. The molecule has 0 spiro atoms. The molecule has 2 rings (SSSR count). The quantitative estimate of drug-likeness (QED) is 0.798. The minimum absolute atomic E-state index is 0.133. The second-order valence-corrected chi connectivity index (χ2v) is 4.93. The van der Waals surface area contributed by atoms with Crippen molar-refractivity contribution in [2.75, 3.05) is 13.7 Å². The van der Waals surface area contributed by atoms with Crippen molar-refractivity contribution in [2.24, 2.45) is 7.05 Å². The van der Waals surface area contributed by atoms with Gasteiger partial charge in [-0.1, -0.05) is 0 Å². The molecule has 0 radical (unpaired) electrons. The van der Waals surface area contributed by atoms with Crippen molar-refractivity contribution in [1.82, 2.24) is 9.55 Å². The number of halogens is 1. The van der Waals surface area contributed by atoms with Crippen molar-refractivity contribution in [3.05, 3.63) is 32.7 Å². The first-order valence-corrected chi connectivity index (χ1v) is 6.69. The molecule has 0 fully saturated rings. The van der Waals surface area contributed by atoms with Crippen LogP contribution in [0.15, 0.2) is 21.5 Å². The van der Waals surface area contributed by atoms with Gasteiger partial charge >= 0.3 is 5.97 Å². The molecule has 0 unspecified atom stereocenters. The molecule has 2 heterocycles. The summed E-state index contributed by atoms with van der Waals surface area (Å²) in [6, 6.07) is 1.74. The zero-order valence-electron chi connectivity index (χ0n) is 11.3. The molecular formula is C13H13BrN2O4. The zero-order chi connectivity index (χ0) is 14.9. The lowest BCUT2D eigenvalue weighted by atomic mass is 10.2. The standard InChI is InChI=1S/C13H13BrN2O4/c1-4-20-13(18)9-11(19-3)10-8(16(2)12(9)17)5-7(14)6-15-10/h5-6H,4H2,1-3H3. The van der Waals surface area contributed by atoms with Gasteiger partial charge in [-0.15, -0.1) is 0 Å². The van der Waals surface area contributed by atoms with Crippen LogP contribution < -0.4 is 10.3 Å². The van der Waals surface area contributed by atoms with E-state index in [-0.39, 0.29) is 17.9 Å². The first kappa shape index (κ1) is 14.5. The molecule has 0 aliphatic rings. The van der Waals surface area contributed by atoms with E-state index in [0.29, 0.717) is 11.0 Å². The number of carbonyl (C=O) groups excluding carboxylic acids is 1. The zero-order valence-corrected chi connectivity index (χ0v) is 12.9. The van der Waals surface area contributed by atoms with Gasteiger partial charge in [-0.05, 0) is 28.9 Å². The van der Waals surface area contributed by atoms with E-state index < -0.39 is 11.5 Å². The number of methoxy groups -OCH3 is 1. The van der Waals surface area contributed by atoms with E-state index >= 15 is 0 Å². The molecule has 0 saturated heterocycles. The maximum absolute atomic E-state index is 12.3. The third-order valence-electron chi connectivity index (χ3n) is 2.84. The number of aromatic nitrogens is 2. The van der Waals surface area contributed by atoms with Gasteiger partial charge in [0, 0.05) is 17.7 Å². The Kier molecular flexibility index (Phi) is 4.08. The first-order chi connectivity index (χ1) is 9.51. The smallest absolute Gasteiger partial charge is 0.347 e. The molecule has 0 aliphatic carbocycles. The molecule has 6 nitrogen and oxygen atoms in total. The van der Waals surface area contributed by atoms with Gasteiger partial charge in [0.05, 0.1) is 19.2 Å². The van der Waals surface area contributed by atoms with Crippen molar-refractivity contribution in [2.45, 2.75) is 6.92 Å². The Balaban J connectivity index is 2.89. The lowest BCUT2D eigenvalue weighted by Gasteiger charge is -2.13. The fourth-order valence-electron chi connectivity index (χ4n) is 1.93. The number of hydrogen-bond donors (Lipinski definition) is 0. The lowest BCUT2D eigenvalue weighted by molar-refractivity contribution is 0.0520. The lowest BCUT2D eigenvalue weighted by Crippen LogP contribution is -2.27. The van der Waals surface area contributed by atoms with Gasteiger partial charge in [0.2, 0.25) is 0 Å². The SMILES string of the molecule is CCOC(=O)c1c(OC)c2ncc(Br)cc2n(C)c1=O. The number of fused-ring (bicyclic) bond motifs is 1. The highest BCUT2D eigenvalue weighted by molar-refractivity contribution is 9.10. The van der Waals surface area contributed by atoms with Crippen LogP contribution in [0, 0.1) is 0 Å². The van der Waals surface area contributed by atoms with Crippen LogP contribution in [-0.2, 0) is 11.8 Å². The molecule has 0 atom stereocenters. The fraction of sp³-hybridized carbons (Fsp3) is 0.308. The molecule has 2 aromatic rings. The molecule has 0 amide bonds. The highest BCUT2D eigenvalue weighted by atomic mass is 79.9. The molecule has 106 valence electrons. The minimum atomic E-state index is -0.712.